The van der Waals surface area contributed by atoms with Gasteiger partial charge in [0.25, 0.3) is 17.3 Å². The summed E-state index contributed by atoms with van der Waals surface area (Å²) in [5.41, 5.74) is 8.27. The second-order valence-corrected chi connectivity index (χ2v) is 26.0. The van der Waals surface area contributed by atoms with E-state index < -0.39 is 15.8 Å². The lowest BCUT2D eigenvalue weighted by Crippen LogP contribution is -2.30. The molecule has 102 heavy (non-hydrogen) atoms. The Morgan fingerprint density at radius 3 is 1.42 bits per heavy atom. The number of halogens is 1. The fourth-order valence-electron chi connectivity index (χ4n) is 9.36. The number of hydrogen-bond acceptors (Lipinski definition) is 25. The van der Waals surface area contributed by atoms with Crippen LogP contribution in [0.15, 0.2) is 107 Å². The number of anilines is 3. The summed E-state index contributed by atoms with van der Waals surface area (Å²) in [6, 6.07) is 26.3. The third-order valence-electron chi connectivity index (χ3n) is 15.3. The number of nitro benzene ring substituents is 2. The molecule has 0 atom stereocenters. The number of likely N-dealkylation sites (N-methyl/N-ethyl adjacent to an activating group) is 6. The monoisotopic (exact) mass is 1500 g/mol. The number of aromatic nitrogens is 3. The van der Waals surface area contributed by atoms with Crippen LogP contribution in [0.5, 0.6) is 46.0 Å². The van der Waals surface area contributed by atoms with Crippen LogP contribution in [-0.4, -0.2) is 227 Å². The number of hydrazine groups is 1. The van der Waals surface area contributed by atoms with Crippen LogP contribution in [0.1, 0.15) is 86.6 Å². The van der Waals surface area contributed by atoms with E-state index in [1.807, 2.05) is 135 Å². The van der Waals surface area contributed by atoms with Crippen molar-refractivity contribution in [1.82, 2.24) is 39.8 Å². The number of phenolic OH excluding ortho intramolecular Hbond substituents is 4. The molecule has 0 aliphatic heterocycles. The molecule has 30 heteroatoms. The van der Waals surface area contributed by atoms with Gasteiger partial charge in [-0.25, -0.2) is 5.84 Å². The maximum atomic E-state index is 11.2. The normalized spacial score (nSPS) is 10.6. The van der Waals surface area contributed by atoms with E-state index in [-0.39, 0.29) is 51.8 Å². The Balaban J connectivity index is 0.000000441. The summed E-state index contributed by atoms with van der Waals surface area (Å²) in [5.74, 6) is 8.24. The quantitative estimate of drug-likeness (QED) is 0.00696. The third kappa shape index (κ3) is 28.6. The number of carbonyl (C=O) groups is 1. The van der Waals surface area contributed by atoms with Gasteiger partial charge in [0, 0.05) is 96.8 Å². The molecule has 6 aromatic carbocycles. The van der Waals surface area contributed by atoms with E-state index in [0.717, 1.165) is 90.8 Å². The number of rotatable bonds is 27. The number of aryl methyl sites for hydroxylation is 1. The number of non-ortho nitro benzene ring substituents is 2. The Morgan fingerprint density at radius 2 is 1.01 bits per heavy atom. The molecule has 0 aliphatic rings. The van der Waals surface area contributed by atoms with Crippen molar-refractivity contribution in [2.75, 3.05) is 166 Å². The van der Waals surface area contributed by atoms with Gasteiger partial charge in [0.2, 0.25) is 0 Å². The number of ether oxygens (including phenoxy) is 4. The molecule has 0 spiro atoms. The highest BCUT2D eigenvalue weighted by Gasteiger charge is 2.23. The zero-order valence-corrected chi connectivity index (χ0v) is 65.3. The number of nitro groups is 2. The number of nitrogen functional groups attached to an aromatic ring is 1. The summed E-state index contributed by atoms with van der Waals surface area (Å²) in [4.78, 5) is 50.2. The summed E-state index contributed by atoms with van der Waals surface area (Å²) in [6.07, 6.45) is 2.63. The molecule has 560 valence electrons. The van der Waals surface area contributed by atoms with Crippen molar-refractivity contribution < 1.29 is 54.0 Å². The van der Waals surface area contributed by atoms with Crippen LogP contribution in [0.25, 0.3) is 17.1 Å². The van der Waals surface area contributed by atoms with E-state index in [2.05, 4.69) is 113 Å². The maximum absolute atomic E-state index is 11.2. The number of nitrogens with one attached hydrogen (secondary N) is 1. The number of isothiocyanates is 1. The van der Waals surface area contributed by atoms with Crippen molar-refractivity contribution in [3.8, 4) is 63.1 Å². The average molecular weight is 1500 g/mol. The Hall–Kier alpha value is -9.39. The summed E-state index contributed by atoms with van der Waals surface area (Å²) < 4.78 is 23.6. The second kappa shape index (κ2) is 44.8. The van der Waals surface area contributed by atoms with Crippen LogP contribution in [0.4, 0.5) is 34.1 Å². The van der Waals surface area contributed by atoms with Gasteiger partial charge >= 0.3 is 0 Å². The molecule has 0 unspecified atom stereocenters. The summed E-state index contributed by atoms with van der Waals surface area (Å²) in [5, 5.41) is 71.9. The number of nitrogens with zero attached hydrogens (tertiary/aromatic N) is 13. The van der Waals surface area contributed by atoms with Gasteiger partial charge in [0.1, 0.15) is 51.8 Å². The first kappa shape index (κ1) is 88.7. The van der Waals surface area contributed by atoms with Gasteiger partial charge in [-0.1, -0.05) is 41.0 Å². The van der Waals surface area contributed by atoms with Crippen molar-refractivity contribution in [3.05, 3.63) is 144 Å². The largest absolute Gasteiger partial charge is 0.508 e. The third-order valence-corrected chi connectivity index (χ3v) is 16.0. The Labute approximate surface area is 614 Å². The molecule has 0 saturated heterocycles. The smallest absolute Gasteiger partial charge is 0.271 e. The topological polar surface area (TPSA) is 325 Å². The Morgan fingerprint density at radius 1 is 0.588 bits per heavy atom. The predicted octanol–water partition coefficient (Wildman–Crippen LogP) is 12.4. The minimum absolute atomic E-state index is 0.0314. The fourth-order valence-corrected chi connectivity index (χ4v) is 9.99. The molecule has 28 nitrogen and oxygen atoms in total. The van der Waals surface area contributed by atoms with Gasteiger partial charge in [0.15, 0.2) is 5.82 Å². The number of carbonyl (C=O) groups excluding carboxylic acids is 1. The Bertz CT molecular complexity index is 3760. The number of aromatic hydroxyl groups is 4. The number of thiocarbonyl (C=S) groups is 1. The van der Waals surface area contributed by atoms with Crippen LogP contribution in [0.3, 0.4) is 0 Å². The number of methoxy groups -OCH3 is 4. The lowest BCUT2D eigenvalue weighted by Gasteiger charge is -2.24. The van der Waals surface area contributed by atoms with Crippen LogP contribution in [-0.2, 0) is 0 Å². The zero-order valence-electron chi connectivity index (χ0n) is 62.9. The van der Waals surface area contributed by atoms with Crippen molar-refractivity contribution in [1.29, 1.82) is 0 Å². The van der Waals surface area contributed by atoms with E-state index in [1.165, 1.54) is 62.9 Å². The van der Waals surface area contributed by atoms with Crippen LogP contribution < -0.4 is 44.9 Å². The molecule has 0 saturated carbocycles. The van der Waals surface area contributed by atoms with Crippen molar-refractivity contribution in [2.45, 2.75) is 66.2 Å². The molecular weight excluding hydrogens is 1390 g/mol. The maximum Gasteiger partial charge on any atom is 0.271 e. The van der Waals surface area contributed by atoms with Gasteiger partial charge < -0.3 is 73.7 Å². The minimum Gasteiger partial charge on any atom is -0.508 e. The number of unbranched alkanes of at least 4 members (excludes halogenated alkanes) is 1. The van der Waals surface area contributed by atoms with E-state index in [1.54, 1.807) is 39.5 Å². The first-order chi connectivity index (χ1) is 48.0. The van der Waals surface area contributed by atoms with E-state index in [9.17, 15) is 45.4 Å². The highest BCUT2D eigenvalue weighted by Crippen LogP contribution is 2.40. The summed E-state index contributed by atoms with van der Waals surface area (Å²) in [7, 11) is 28.7. The molecule has 1 heterocycles. The van der Waals surface area contributed by atoms with E-state index in [4.69, 9.17) is 24.8 Å². The number of benzene rings is 6. The predicted molar refractivity (Wildman–Crippen MR) is 415 cm³/mol. The molecule has 0 aliphatic carbocycles. The van der Waals surface area contributed by atoms with Crippen molar-refractivity contribution in [3.63, 3.8) is 0 Å². The first-order valence-corrected chi connectivity index (χ1v) is 33.8. The van der Waals surface area contributed by atoms with E-state index >= 15 is 0 Å². The first-order valence-electron chi connectivity index (χ1n) is 32.6. The van der Waals surface area contributed by atoms with Gasteiger partial charge in [-0.2, -0.15) is 4.99 Å². The van der Waals surface area contributed by atoms with E-state index in [0.29, 0.717) is 38.7 Å². The van der Waals surface area contributed by atoms with Crippen LogP contribution in [0.2, 0.25) is 0 Å². The summed E-state index contributed by atoms with van der Waals surface area (Å²) in [6.45, 7) is 18.3. The average Bonchev–Trinajstić information content (AvgIpc) is 1.58. The SMILES string of the molecule is CC(C)c1cc(C(=O)NN)c(O)cc1O.CCCCN(C)C.COc1ccc(-n2c(C)nnc2-c2cc(C(C)C)c(O)cc2O)cc1N(C)CCN(C)C.COc1ccc(N=C=S)cc1N(C)CCN(C)C.COc1ccc([N+](=O)[O-])cc1Br.COc1ccc([N+](=O)[O-])cc1N(C)CCN(C)C. The van der Waals surface area contributed by atoms with Crippen molar-refractivity contribution in [2.24, 2.45) is 10.8 Å². The lowest BCUT2D eigenvalue weighted by atomic mass is 9.98. The molecule has 7 rings (SSSR count). The number of hydrogen-bond donors (Lipinski definition) is 6. The van der Waals surface area contributed by atoms with Crippen molar-refractivity contribution >= 4 is 73.3 Å². The van der Waals surface area contributed by atoms with Crippen LogP contribution in [0, 0.1) is 27.2 Å². The van der Waals surface area contributed by atoms with Crippen LogP contribution >= 0.6 is 28.1 Å². The number of amides is 1. The fraction of sp³-hybridized carbons (Fsp3) is 0.444. The molecule has 1 amide bonds. The van der Waals surface area contributed by atoms with Gasteiger partial charge in [-0.05, 0) is 188 Å². The highest BCUT2D eigenvalue weighted by molar-refractivity contribution is 9.10. The summed E-state index contributed by atoms with van der Waals surface area (Å²) >= 11 is 7.77. The molecular formula is C72H106BrN15O13S. The molecule has 0 bridgehead atoms. The second-order valence-electron chi connectivity index (χ2n) is 25.0. The molecule has 1 aromatic heterocycles. The zero-order chi connectivity index (χ0) is 77.2. The number of aliphatic imine (C=N–C) groups is 1. The molecule has 7 N–H and O–H groups in total. The molecule has 0 fully saturated rings. The molecule has 7 aromatic rings. The lowest BCUT2D eigenvalue weighted by molar-refractivity contribution is -0.385. The molecule has 0 radical (unpaired) electrons. The minimum atomic E-state index is -0.589. The van der Waals surface area contributed by atoms with Gasteiger partial charge in [0.05, 0.1) is 87.5 Å². The standard InChI is InChI=1S/C24H33N5O3.C13H19N3OS.C12H19N3O3.C10H14N2O3.C7H6BrNO3.C6H15N/c1-15(2)18-13-19(22(31)14-21(18)30)24-26-25-16(3)29(24)17-8-9-23(32-7)20(12-17)28(6)11-10-27(4)5;1-15(2)7-8-16(3)12-9-11(14-10-18)5-6-13(12)17-4;1-13(2)7-8-14(3)11-9-10(15(16)17)5-6-12(11)18-4;1-5(2)6-3-7(10(15)12-11)9(14)4-8(6)13;1-12-7-3-2-5(9(10)11)4-6(7)8;1-4-5-6-7(2)3/h8-9,12-15,30-31H,10-11H2,1-7H3;2*5-6,9H,7-8H2,1-4H3;3-5,13-14H,11H2,1-2H3,(H,12,15);2-4H,1H3;4-6H2,1-3H3. The van der Waals surface area contributed by atoms with Gasteiger partial charge in [-0.15, -0.1) is 10.2 Å². The highest BCUT2D eigenvalue weighted by atomic mass is 79.9. The van der Waals surface area contributed by atoms with Gasteiger partial charge in [-0.3, -0.25) is 35.0 Å². The number of phenols is 4. The number of nitrogens with two attached hydrogens (primary N) is 1. The Kier molecular flexibility index (Phi) is 38.9.